The fraction of sp³-hybridized carbons (Fsp3) is 0.286. The topological polar surface area (TPSA) is 93.7 Å². The van der Waals surface area contributed by atoms with Crippen LogP contribution >= 0.6 is 0 Å². The number of carbonyl (C=O) groups excluding carboxylic acids is 3. The molecule has 2 rings (SSSR count). The lowest BCUT2D eigenvalue weighted by Gasteiger charge is -2.08. The Labute approximate surface area is 164 Å². The van der Waals surface area contributed by atoms with Gasteiger partial charge in [-0.2, -0.15) is 0 Å². The number of para-hydroxylation sites is 1. The van der Waals surface area contributed by atoms with Crippen molar-refractivity contribution < 1.29 is 23.9 Å². The van der Waals surface area contributed by atoms with Crippen LogP contribution in [0.4, 0.5) is 5.69 Å². The molecule has 0 unspecified atom stereocenters. The number of benzene rings is 2. The summed E-state index contributed by atoms with van der Waals surface area (Å²) in [6.45, 7) is 1.96. The Morgan fingerprint density at radius 2 is 1.68 bits per heavy atom. The van der Waals surface area contributed by atoms with Gasteiger partial charge in [0, 0.05) is 11.3 Å². The van der Waals surface area contributed by atoms with Gasteiger partial charge in [0.15, 0.2) is 6.61 Å². The number of ether oxygens (including phenoxy) is 2. The highest BCUT2D eigenvalue weighted by atomic mass is 16.5. The van der Waals surface area contributed by atoms with Gasteiger partial charge in [-0.25, -0.2) is 0 Å². The minimum absolute atomic E-state index is 0.327. The highest BCUT2D eigenvalue weighted by molar-refractivity contribution is 5.96. The van der Waals surface area contributed by atoms with Gasteiger partial charge in [0.25, 0.3) is 11.8 Å². The van der Waals surface area contributed by atoms with E-state index < -0.39 is 24.4 Å². The molecule has 0 aliphatic carbocycles. The summed E-state index contributed by atoms with van der Waals surface area (Å²) < 4.78 is 10.4. The third-order valence-electron chi connectivity index (χ3n) is 3.70. The molecule has 0 aliphatic heterocycles. The summed E-state index contributed by atoms with van der Waals surface area (Å²) in [5.41, 5.74) is 1.01. The lowest BCUT2D eigenvalue weighted by molar-refractivity contribution is -0.146. The summed E-state index contributed by atoms with van der Waals surface area (Å²) in [7, 11) is 0. The van der Waals surface area contributed by atoms with Gasteiger partial charge >= 0.3 is 5.97 Å². The molecule has 0 atom stereocenters. The van der Waals surface area contributed by atoms with E-state index in [9.17, 15) is 14.4 Å². The minimum Gasteiger partial charge on any atom is -0.494 e. The highest BCUT2D eigenvalue weighted by Crippen LogP contribution is 2.12. The molecule has 7 nitrogen and oxygen atoms in total. The lowest BCUT2D eigenvalue weighted by atomic mass is 10.2. The molecule has 0 radical (unpaired) electrons. The average Bonchev–Trinajstić information content (AvgIpc) is 2.72. The second kappa shape index (κ2) is 11.4. The molecule has 28 heavy (non-hydrogen) atoms. The van der Waals surface area contributed by atoms with E-state index in [1.807, 2.05) is 6.07 Å². The predicted molar refractivity (Wildman–Crippen MR) is 105 cm³/mol. The maximum Gasteiger partial charge on any atom is 0.325 e. The first-order valence-corrected chi connectivity index (χ1v) is 9.10. The zero-order chi connectivity index (χ0) is 20.2. The van der Waals surface area contributed by atoms with Crippen LogP contribution < -0.4 is 15.4 Å². The van der Waals surface area contributed by atoms with Crippen molar-refractivity contribution in [2.45, 2.75) is 19.8 Å². The SMILES string of the molecule is CCCCOc1ccc(C(=O)NCC(=O)OCC(=O)Nc2ccccc2)cc1. The first-order valence-electron chi connectivity index (χ1n) is 9.10. The maximum atomic E-state index is 12.1. The number of anilines is 1. The Morgan fingerprint density at radius 3 is 2.36 bits per heavy atom. The van der Waals surface area contributed by atoms with Crippen molar-refractivity contribution >= 4 is 23.5 Å². The largest absolute Gasteiger partial charge is 0.494 e. The van der Waals surface area contributed by atoms with Gasteiger partial charge in [-0.3, -0.25) is 14.4 Å². The standard InChI is InChI=1S/C21H24N2O5/c1-2-3-13-27-18-11-9-16(10-12-18)21(26)22-14-20(25)28-15-19(24)23-17-7-5-4-6-8-17/h4-12H,2-3,13-15H2,1H3,(H,22,26)(H,23,24). The van der Waals surface area contributed by atoms with Crippen LogP contribution in [0.2, 0.25) is 0 Å². The van der Waals surface area contributed by atoms with Crippen LogP contribution in [0.5, 0.6) is 5.75 Å². The number of esters is 1. The molecule has 0 saturated carbocycles. The highest BCUT2D eigenvalue weighted by Gasteiger charge is 2.11. The molecule has 0 fully saturated rings. The van der Waals surface area contributed by atoms with E-state index >= 15 is 0 Å². The molecule has 2 aromatic carbocycles. The molecular weight excluding hydrogens is 360 g/mol. The molecule has 0 bridgehead atoms. The van der Waals surface area contributed by atoms with E-state index in [1.165, 1.54) is 0 Å². The molecule has 0 saturated heterocycles. The van der Waals surface area contributed by atoms with Gasteiger partial charge in [-0.1, -0.05) is 31.5 Å². The van der Waals surface area contributed by atoms with Gasteiger partial charge in [0.1, 0.15) is 12.3 Å². The smallest absolute Gasteiger partial charge is 0.325 e. The molecule has 0 aromatic heterocycles. The number of unbranched alkanes of at least 4 members (excludes halogenated alkanes) is 1. The summed E-state index contributed by atoms with van der Waals surface area (Å²) in [6, 6.07) is 15.5. The number of amides is 2. The van der Waals surface area contributed by atoms with E-state index in [1.54, 1.807) is 48.5 Å². The van der Waals surface area contributed by atoms with E-state index in [0.717, 1.165) is 12.8 Å². The van der Waals surface area contributed by atoms with Crippen LogP contribution in [0.1, 0.15) is 30.1 Å². The Bertz CT molecular complexity index is 775. The second-order valence-corrected chi connectivity index (χ2v) is 5.98. The predicted octanol–water partition coefficient (Wildman–Crippen LogP) is 2.78. The number of rotatable bonds is 10. The summed E-state index contributed by atoms with van der Waals surface area (Å²) in [5.74, 6) is -0.875. The van der Waals surface area contributed by atoms with E-state index in [-0.39, 0.29) is 6.54 Å². The summed E-state index contributed by atoms with van der Waals surface area (Å²) in [5, 5.41) is 5.05. The Balaban J connectivity index is 1.68. The first-order chi connectivity index (χ1) is 13.6. The van der Waals surface area contributed by atoms with Gasteiger partial charge in [-0.15, -0.1) is 0 Å². The number of hydrogen-bond acceptors (Lipinski definition) is 5. The average molecular weight is 384 g/mol. The van der Waals surface area contributed by atoms with Crippen LogP contribution in [0.25, 0.3) is 0 Å². The molecule has 148 valence electrons. The van der Waals surface area contributed by atoms with Crippen molar-refractivity contribution in [3.8, 4) is 5.75 Å². The van der Waals surface area contributed by atoms with Gasteiger partial charge in [0.2, 0.25) is 0 Å². The van der Waals surface area contributed by atoms with Crippen LogP contribution in [-0.2, 0) is 14.3 Å². The Hall–Kier alpha value is -3.35. The van der Waals surface area contributed by atoms with Crippen molar-refractivity contribution in [2.24, 2.45) is 0 Å². The molecule has 2 N–H and O–H groups in total. The lowest BCUT2D eigenvalue weighted by Crippen LogP contribution is -2.32. The number of carbonyl (C=O) groups is 3. The summed E-state index contributed by atoms with van der Waals surface area (Å²) >= 11 is 0. The Kier molecular flexibility index (Phi) is 8.52. The molecule has 7 heteroatoms. The number of nitrogens with one attached hydrogen (secondary N) is 2. The second-order valence-electron chi connectivity index (χ2n) is 5.98. The van der Waals surface area contributed by atoms with E-state index in [0.29, 0.717) is 23.6 Å². The van der Waals surface area contributed by atoms with Crippen molar-refractivity contribution in [1.82, 2.24) is 5.32 Å². The van der Waals surface area contributed by atoms with Gasteiger partial charge in [0.05, 0.1) is 6.61 Å². The van der Waals surface area contributed by atoms with Crippen LogP contribution in [-0.4, -0.2) is 37.5 Å². The van der Waals surface area contributed by atoms with Crippen molar-refractivity contribution in [3.63, 3.8) is 0 Å². The van der Waals surface area contributed by atoms with Crippen molar-refractivity contribution in [2.75, 3.05) is 25.1 Å². The molecule has 0 heterocycles. The van der Waals surface area contributed by atoms with Crippen LogP contribution in [0.15, 0.2) is 54.6 Å². The zero-order valence-corrected chi connectivity index (χ0v) is 15.8. The zero-order valence-electron chi connectivity index (χ0n) is 15.8. The fourth-order valence-electron chi connectivity index (χ4n) is 2.21. The molecule has 0 aliphatic rings. The minimum atomic E-state index is -0.698. The monoisotopic (exact) mass is 384 g/mol. The van der Waals surface area contributed by atoms with Crippen LogP contribution in [0, 0.1) is 0 Å². The third kappa shape index (κ3) is 7.49. The molecule has 0 spiro atoms. The van der Waals surface area contributed by atoms with Crippen molar-refractivity contribution in [3.05, 3.63) is 60.2 Å². The molecular formula is C21H24N2O5. The summed E-state index contributed by atoms with van der Waals surface area (Å²) in [4.78, 5) is 35.5. The third-order valence-corrected chi connectivity index (χ3v) is 3.70. The molecule has 2 aromatic rings. The van der Waals surface area contributed by atoms with Crippen molar-refractivity contribution in [1.29, 1.82) is 0 Å². The molecule has 2 amide bonds. The Morgan fingerprint density at radius 1 is 0.964 bits per heavy atom. The fourth-order valence-corrected chi connectivity index (χ4v) is 2.21. The quantitative estimate of drug-likeness (QED) is 0.485. The van der Waals surface area contributed by atoms with E-state index in [4.69, 9.17) is 9.47 Å². The van der Waals surface area contributed by atoms with Crippen LogP contribution in [0.3, 0.4) is 0 Å². The number of hydrogen-bond donors (Lipinski definition) is 2. The summed E-state index contributed by atoms with van der Waals surface area (Å²) in [6.07, 6.45) is 2.01. The van der Waals surface area contributed by atoms with E-state index in [2.05, 4.69) is 17.6 Å². The normalized spacial score (nSPS) is 10.0. The maximum absolute atomic E-state index is 12.1. The first kappa shape index (κ1) is 21.0. The van der Waals surface area contributed by atoms with Gasteiger partial charge < -0.3 is 20.1 Å². The van der Waals surface area contributed by atoms with Gasteiger partial charge in [-0.05, 0) is 42.8 Å².